The molecule has 2 heterocycles. The van der Waals surface area contributed by atoms with Crippen molar-refractivity contribution >= 4 is 23.2 Å². The summed E-state index contributed by atoms with van der Waals surface area (Å²) in [6.07, 6.45) is 2.20. The highest BCUT2D eigenvalue weighted by Gasteiger charge is 2.26. The molecule has 0 spiro atoms. The Morgan fingerprint density at radius 1 is 1.06 bits per heavy atom. The fourth-order valence-corrected chi connectivity index (χ4v) is 3.63. The van der Waals surface area contributed by atoms with Gasteiger partial charge in [-0.1, -0.05) is 36.4 Å². The van der Waals surface area contributed by atoms with Crippen LogP contribution < -0.4 is 10.3 Å². The molecule has 0 bridgehead atoms. The molecule has 4 rings (SSSR count). The van der Waals surface area contributed by atoms with Crippen LogP contribution in [0.4, 0.5) is 5.69 Å². The van der Waals surface area contributed by atoms with Crippen molar-refractivity contribution < 1.29 is 18.7 Å². The van der Waals surface area contributed by atoms with E-state index in [1.165, 1.54) is 5.01 Å². The molecule has 0 unspecified atom stereocenters. The van der Waals surface area contributed by atoms with Gasteiger partial charge in [0.2, 0.25) is 5.91 Å². The molecule has 3 aromatic rings. The van der Waals surface area contributed by atoms with Crippen LogP contribution in [0.25, 0.3) is 0 Å². The maximum atomic E-state index is 12.8. The van der Waals surface area contributed by atoms with Gasteiger partial charge in [-0.15, -0.1) is 0 Å². The number of benzene rings is 2. The van der Waals surface area contributed by atoms with Crippen molar-refractivity contribution in [3.8, 4) is 0 Å². The van der Waals surface area contributed by atoms with Crippen LogP contribution in [0.5, 0.6) is 0 Å². The molecule has 1 N–H and O–H groups in total. The Balaban J connectivity index is 1.37. The normalized spacial score (nSPS) is 13.7. The minimum absolute atomic E-state index is 0.109. The average Bonchev–Trinajstić information content (AvgIpc) is 3.33. The lowest BCUT2D eigenvalue weighted by atomic mass is 10.1. The number of carbonyl (C=O) groups is 2. The number of hydrogen-bond donors (Lipinski definition) is 1. The molecular formula is C26H27N3O4. The first-order valence-corrected chi connectivity index (χ1v) is 10.9. The van der Waals surface area contributed by atoms with E-state index in [4.69, 9.17) is 9.15 Å². The predicted octanol–water partition coefficient (Wildman–Crippen LogP) is 4.41. The molecule has 1 aliphatic heterocycles. The SMILES string of the molecule is Cc1ccc(C)c(N2N=C(C(=O)NCc3cccc(COCc4ccco4)c3)CCC2=O)c1. The number of hydrazone groups is 1. The van der Waals surface area contributed by atoms with Crippen LogP contribution in [0.2, 0.25) is 0 Å². The monoisotopic (exact) mass is 445 g/mol. The van der Waals surface area contributed by atoms with Crippen molar-refractivity contribution in [2.75, 3.05) is 5.01 Å². The molecule has 0 radical (unpaired) electrons. The third-order valence-electron chi connectivity index (χ3n) is 5.43. The lowest BCUT2D eigenvalue weighted by molar-refractivity contribution is -0.119. The standard InChI is InChI=1S/C26H27N3O4/c1-18-8-9-19(2)24(13-18)29-25(30)11-10-23(28-29)26(31)27-15-20-5-3-6-21(14-20)16-32-17-22-7-4-12-33-22/h3-9,12-14H,10-11,15-17H2,1-2H3,(H,27,31). The van der Waals surface area contributed by atoms with Gasteiger partial charge in [-0.05, 0) is 54.3 Å². The largest absolute Gasteiger partial charge is 0.467 e. The Morgan fingerprint density at radius 2 is 1.91 bits per heavy atom. The van der Waals surface area contributed by atoms with Gasteiger partial charge >= 0.3 is 0 Å². The maximum Gasteiger partial charge on any atom is 0.267 e. The van der Waals surface area contributed by atoms with Gasteiger partial charge in [0.05, 0.1) is 18.6 Å². The van der Waals surface area contributed by atoms with E-state index in [9.17, 15) is 9.59 Å². The van der Waals surface area contributed by atoms with E-state index in [0.717, 1.165) is 28.0 Å². The van der Waals surface area contributed by atoms with Gasteiger partial charge in [-0.3, -0.25) is 9.59 Å². The Bertz CT molecular complexity index is 1170. The molecule has 0 atom stereocenters. The summed E-state index contributed by atoms with van der Waals surface area (Å²) in [5.41, 5.74) is 5.01. The second kappa shape index (κ2) is 10.3. The zero-order valence-corrected chi connectivity index (χ0v) is 18.8. The second-order valence-electron chi connectivity index (χ2n) is 8.12. The van der Waals surface area contributed by atoms with E-state index in [0.29, 0.717) is 37.6 Å². The van der Waals surface area contributed by atoms with Crippen LogP contribution >= 0.6 is 0 Å². The van der Waals surface area contributed by atoms with Gasteiger partial charge in [0.25, 0.3) is 5.91 Å². The minimum Gasteiger partial charge on any atom is -0.467 e. The first-order chi connectivity index (χ1) is 16.0. The van der Waals surface area contributed by atoms with Gasteiger partial charge in [0.1, 0.15) is 18.1 Å². The minimum atomic E-state index is -0.266. The van der Waals surface area contributed by atoms with E-state index in [-0.39, 0.29) is 18.2 Å². The molecule has 1 aromatic heterocycles. The lowest BCUT2D eigenvalue weighted by Crippen LogP contribution is -2.39. The van der Waals surface area contributed by atoms with Gasteiger partial charge in [-0.25, -0.2) is 5.01 Å². The number of furan rings is 1. The van der Waals surface area contributed by atoms with Crippen molar-refractivity contribution in [1.29, 1.82) is 0 Å². The number of amides is 2. The summed E-state index contributed by atoms with van der Waals surface area (Å²) in [5, 5.41) is 8.67. The predicted molar refractivity (Wildman–Crippen MR) is 126 cm³/mol. The first kappa shape index (κ1) is 22.5. The first-order valence-electron chi connectivity index (χ1n) is 10.9. The van der Waals surface area contributed by atoms with Crippen LogP contribution in [-0.2, 0) is 34.1 Å². The highest BCUT2D eigenvalue weighted by molar-refractivity contribution is 6.40. The van der Waals surface area contributed by atoms with Crippen LogP contribution in [0, 0.1) is 13.8 Å². The third kappa shape index (κ3) is 5.75. The fourth-order valence-electron chi connectivity index (χ4n) is 3.63. The molecule has 1 aliphatic rings. The number of anilines is 1. The van der Waals surface area contributed by atoms with Crippen molar-refractivity contribution in [3.05, 3.63) is 88.9 Å². The molecule has 0 aliphatic carbocycles. The van der Waals surface area contributed by atoms with E-state index in [1.54, 1.807) is 6.26 Å². The topological polar surface area (TPSA) is 84.1 Å². The van der Waals surface area contributed by atoms with Crippen molar-refractivity contribution in [2.24, 2.45) is 5.10 Å². The zero-order valence-electron chi connectivity index (χ0n) is 18.8. The number of nitrogens with zero attached hydrogens (tertiary/aromatic N) is 2. The molecule has 170 valence electrons. The highest BCUT2D eigenvalue weighted by atomic mass is 16.5. The van der Waals surface area contributed by atoms with Crippen LogP contribution in [0.1, 0.15) is 40.9 Å². The molecule has 2 aromatic carbocycles. The molecule has 2 amide bonds. The Labute approximate surface area is 193 Å². The number of aryl methyl sites for hydroxylation is 2. The number of rotatable bonds is 8. The maximum absolute atomic E-state index is 12.8. The molecule has 0 saturated carbocycles. The molecule has 7 nitrogen and oxygen atoms in total. The fraction of sp³-hybridized carbons (Fsp3) is 0.269. The summed E-state index contributed by atoms with van der Waals surface area (Å²) >= 11 is 0. The summed E-state index contributed by atoms with van der Waals surface area (Å²) in [6.45, 7) is 5.11. The Morgan fingerprint density at radius 3 is 2.73 bits per heavy atom. The van der Waals surface area contributed by atoms with Crippen molar-refractivity contribution in [2.45, 2.75) is 46.4 Å². The Kier molecular flexibility index (Phi) is 7.00. The van der Waals surface area contributed by atoms with Gasteiger partial charge in [-0.2, -0.15) is 5.10 Å². The summed E-state index contributed by atoms with van der Waals surface area (Å²) < 4.78 is 10.9. The number of ether oxygens (including phenoxy) is 1. The van der Waals surface area contributed by atoms with Crippen LogP contribution in [0.3, 0.4) is 0 Å². The zero-order chi connectivity index (χ0) is 23.2. The smallest absolute Gasteiger partial charge is 0.267 e. The quantitative estimate of drug-likeness (QED) is 0.557. The molecule has 0 saturated heterocycles. The Hall–Kier alpha value is -3.71. The average molecular weight is 446 g/mol. The van der Waals surface area contributed by atoms with Gasteiger partial charge in [0.15, 0.2) is 0 Å². The van der Waals surface area contributed by atoms with Crippen LogP contribution in [-0.4, -0.2) is 17.5 Å². The summed E-state index contributed by atoms with van der Waals surface area (Å²) in [7, 11) is 0. The summed E-state index contributed by atoms with van der Waals surface area (Å²) in [6, 6.07) is 17.4. The lowest BCUT2D eigenvalue weighted by Gasteiger charge is -2.24. The van der Waals surface area contributed by atoms with Crippen molar-refractivity contribution in [3.63, 3.8) is 0 Å². The number of carbonyl (C=O) groups excluding carboxylic acids is 2. The second-order valence-corrected chi connectivity index (χ2v) is 8.12. The molecule has 33 heavy (non-hydrogen) atoms. The summed E-state index contributed by atoms with van der Waals surface area (Å²) in [5.74, 6) is 0.403. The number of hydrogen-bond acceptors (Lipinski definition) is 5. The van der Waals surface area contributed by atoms with E-state index >= 15 is 0 Å². The van der Waals surface area contributed by atoms with E-state index in [2.05, 4.69) is 10.4 Å². The summed E-state index contributed by atoms with van der Waals surface area (Å²) in [4.78, 5) is 25.3. The molecular weight excluding hydrogens is 418 g/mol. The molecule has 0 fully saturated rings. The van der Waals surface area contributed by atoms with E-state index < -0.39 is 0 Å². The molecule has 7 heteroatoms. The van der Waals surface area contributed by atoms with Gasteiger partial charge < -0.3 is 14.5 Å². The van der Waals surface area contributed by atoms with Crippen molar-refractivity contribution in [1.82, 2.24) is 5.32 Å². The highest BCUT2D eigenvalue weighted by Crippen LogP contribution is 2.25. The third-order valence-corrected chi connectivity index (χ3v) is 5.43. The van der Waals surface area contributed by atoms with Crippen LogP contribution in [0.15, 0.2) is 70.4 Å². The van der Waals surface area contributed by atoms with Gasteiger partial charge in [0, 0.05) is 19.4 Å². The van der Waals surface area contributed by atoms with E-state index in [1.807, 2.05) is 68.4 Å². The number of nitrogens with one attached hydrogen (secondary N) is 1.